The molecule has 1 rings (SSSR count). The fraction of sp³-hybridized carbons (Fsp3) is 0.818. The second kappa shape index (κ2) is 5.23. The Hall–Kier alpha value is -0.460. The van der Waals surface area contributed by atoms with E-state index in [0.29, 0.717) is 0 Å². The number of ether oxygens (including phenoxy) is 1. The SMILES string of the molecule is CCCCCCC1=C(C)CCO1. The third-order valence-corrected chi connectivity index (χ3v) is 2.49. The van der Waals surface area contributed by atoms with Crippen molar-refractivity contribution in [2.24, 2.45) is 0 Å². The van der Waals surface area contributed by atoms with Crippen molar-refractivity contribution in [3.63, 3.8) is 0 Å². The Morgan fingerprint density at radius 1 is 1.25 bits per heavy atom. The zero-order chi connectivity index (χ0) is 8.81. The van der Waals surface area contributed by atoms with E-state index in [4.69, 9.17) is 4.74 Å². The zero-order valence-corrected chi connectivity index (χ0v) is 8.36. The normalized spacial score (nSPS) is 16.8. The molecule has 0 fully saturated rings. The predicted octanol–water partition coefficient (Wildman–Crippen LogP) is 3.65. The van der Waals surface area contributed by atoms with Crippen LogP contribution in [-0.4, -0.2) is 6.61 Å². The van der Waals surface area contributed by atoms with Gasteiger partial charge in [-0.15, -0.1) is 0 Å². The number of rotatable bonds is 5. The van der Waals surface area contributed by atoms with Crippen molar-refractivity contribution in [2.75, 3.05) is 6.61 Å². The van der Waals surface area contributed by atoms with Gasteiger partial charge in [0.25, 0.3) is 0 Å². The molecule has 0 aromatic heterocycles. The second-order valence-electron chi connectivity index (χ2n) is 3.61. The average molecular weight is 168 g/mol. The summed E-state index contributed by atoms with van der Waals surface area (Å²) in [4.78, 5) is 0. The first-order chi connectivity index (χ1) is 5.84. The molecule has 1 aliphatic heterocycles. The molecule has 70 valence electrons. The van der Waals surface area contributed by atoms with Crippen molar-refractivity contribution in [1.82, 2.24) is 0 Å². The van der Waals surface area contributed by atoms with E-state index < -0.39 is 0 Å². The fourth-order valence-electron chi connectivity index (χ4n) is 1.59. The van der Waals surface area contributed by atoms with Crippen LogP contribution in [-0.2, 0) is 4.74 Å². The lowest BCUT2D eigenvalue weighted by Gasteiger charge is -2.03. The highest BCUT2D eigenvalue weighted by molar-refractivity contribution is 5.09. The van der Waals surface area contributed by atoms with E-state index in [1.54, 1.807) is 0 Å². The van der Waals surface area contributed by atoms with Gasteiger partial charge in [-0.2, -0.15) is 0 Å². The van der Waals surface area contributed by atoms with E-state index in [0.717, 1.165) is 13.0 Å². The third-order valence-electron chi connectivity index (χ3n) is 2.49. The summed E-state index contributed by atoms with van der Waals surface area (Å²) in [6, 6.07) is 0. The van der Waals surface area contributed by atoms with Crippen LogP contribution in [0.4, 0.5) is 0 Å². The lowest BCUT2D eigenvalue weighted by Crippen LogP contribution is -1.86. The molecule has 0 atom stereocenters. The number of hydrogen-bond donors (Lipinski definition) is 0. The van der Waals surface area contributed by atoms with Gasteiger partial charge in [-0.25, -0.2) is 0 Å². The Morgan fingerprint density at radius 3 is 2.67 bits per heavy atom. The highest BCUT2D eigenvalue weighted by atomic mass is 16.5. The van der Waals surface area contributed by atoms with Crippen LogP contribution in [0.2, 0.25) is 0 Å². The van der Waals surface area contributed by atoms with Crippen LogP contribution in [0.3, 0.4) is 0 Å². The minimum atomic E-state index is 0.926. The molecule has 0 aromatic rings. The summed E-state index contributed by atoms with van der Waals surface area (Å²) in [6.07, 6.45) is 7.68. The minimum absolute atomic E-state index is 0.926. The van der Waals surface area contributed by atoms with Crippen LogP contribution >= 0.6 is 0 Å². The lowest BCUT2D eigenvalue weighted by molar-refractivity contribution is 0.232. The van der Waals surface area contributed by atoms with Gasteiger partial charge >= 0.3 is 0 Å². The third kappa shape index (κ3) is 2.88. The van der Waals surface area contributed by atoms with E-state index in [2.05, 4.69) is 13.8 Å². The summed E-state index contributed by atoms with van der Waals surface area (Å²) < 4.78 is 5.53. The van der Waals surface area contributed by atoms with E-state index in [1.807, 2.05) is 0 Å². The molecule has 0 saturated carbocycles. The maximum Gasteiger partial charge on any atom is 0.0950 e. The lowest BCUT2D eigenvalue weighted by atomic mass is 10.1. The molecule has 0 bridgehead atoms. The van der Waals surface area contributed by atoms with Crippen LogP contribution in [0.5, 0.6) is 0 Å². The molecule has 0 aliphatic carbocycles. The molecule has 1 heteroatoms. The molecule has 12 heavy (non-hydrogen) atoms. The first kappa shape index (κ1) is 9.63. The molecule has 0 amide bonds. The van der Waals surface area contributed by atoms with Gasteiger partial charge in [0.15, 0.2) is 0 Å². The van der Waals surface area contributed by atoms with Crippen LogP contribution in [0, 0.1) is 0 Å². The standard InChI is InChI=1S/C11H20O/c1-3-4-5-6-7-11-10(2)8-9-12-11/h3-9H2,1-2H3. The molecule has 1 heterocycles. The maximum absolute atomic E-state index is 5.53. The minimum Gasteiger partial charge on any atom is -0.498 e. The monoisotopic (exact) mass is 168 g/mol. The maximum atomic E-state index is 5.53. The van der Waals surface area contributed by atoms with Crippen molar-refractivity contribution < 1.29 is 4.74 Å². The van der Waals surface area contributed by atoms with Crippen LogP contribution in [0.25, 0.3) is 0 Å². The zero-order valence-electron chi connectivity index (χ0n) is 8.36. The molecule has 1 nitrogen and oxygen atoms in total. The van der Waals surface area contributed by atoms with Crippen LogP contribution < -0.4 is 0 Å². The van der Waals surface area contributed by atoms with E-state index >= 15 is 0 Å². The Bertz CT molecular complexity index is 158. The summed E-state index contributed by atoms with van der Waals surface area (Å²) in [5, 5.41) is 0. The highest BCUT2D eigenvalue weighted by Crippen LogP contribution is 2.23. The molecular weight excluding hydrogens is 148 g/mol. The topological polar surface area (TPSA) is 9.23 Å². The van der Waals surface area contributed by atoms with Crippen molar-refractivity contribution in [3.8, 4) is 0 Å². The molecule has 0 spiro atoms. The van der Waals surface area contributed by atoms with Gasteiger partial charge in [0.1, 0.15) is 0 Å². The quantitative estimate of drug-likeness (QED) is 0.569. The predicted molar refractivity (Wildman–Crippen MR) is 52.0 cm³/mol. The van der Waals surface area contributed by atoms with Gasteiger partial charge in [0.05, 0.1) is 12.4 Å². The van der Waals surface area contributed by atoms with Crippen molar-refractivity contribution in [3.05, 3.63) is 11.3 Å². The van der Waals surface area contributed by atoms with E-state index in [9.17, 15) is 0 Å². The van der Waals surface area contributed by atoms with Gasteiger partial charge in [-0.3, -0.25) is 0 Å². The van der Waals surface area contributed by atoms with E-state index in [1.165, 1.54) is 43.4 Å². The second-order valence-corrected chi connectivity index (χ2v) is 3.61. The largest absolute Gasteiger partial charge is 0.498 e. The van der Waals surface area contributed by atoms with Gasteiger partial charge in [-0.05, 0) is 18.9 Å². The van der Waals surface area contributed by atoms with Crippen LogP contribution in [0.15, 0.2) is 11.3 Å². The summed E-state index contributed by atoms with van der Waals surface area (Å²) >= 11 is 0. The number of allylic oxidation sites excluding steroid dienone is 1. The van der Waals surface area contributed by atoms with Crippen molar-refractivity contribution >= 4 is 0 Å². The van der Waals surface area contributed by atoms with Crippen molar-refractivity contribution in [1.29, 1.82) is 0 Å². The molecule has 0 aromatic carbocycles. The Labute approximate surface area is 75.8 Å². The summed E-state index contributed by atoms with van der Waals surface area (Å²) in [7, 11) is 0. The number of unbranched alkanes of at least 4 members (excludes halogenated alkanes) is 3. The highest BCUT2D eigenvalue weighted by Gasteiger charge is 2.10. The Balaban J connectivity index is 2.10. The summed E-state index contributed by atoms with van der Waals surface area (Å²) in [5.74, 6) is 1.28. The van der Waals surface area contributed by atoms with Gasteiger partial charge < -0.3 is 4.74 Å². The van der Waals surface area contributed by atoms with Gasteiger partial charge in [0, 0.05) is 12.8 Å². The van der Waals surface area contributed by atoms with Crippen molar-refractivity contribution in [2.45, 2.75) is 52.4 Å². The fourth-order valence-corrected chi connectivity index (χ4v) is 1.59. The molecule has 0 radical (unpaired) electrons. The molecule has 0 saturated heterocycles. The van der Waals surface area contributed by atoms with Gasteiger partial charge in [0.2, 0.25) is 0 Å². The summed E-state index contributed by atoms with van der Waals surface area (Å²) in [5.41, 5.74) is 1.48. The molecule has 0 unspecified atom stereocenters. The van der Waals surface area contributed by atoms with E-state index in [-0.39, 0.29) is 0 Å². The average Bonchev–Trinajstić information content (AvgIpc) is 2.46. The van der Waals surface area contributed by atoms with Gasteiger partial charge in [-0.1, -0.05) is 26.2 Å². The Kier molecular flexibility index (Phi) is 4.20. The molecular formula is C11H20O. The molecule has 1 aliphatic rings. The molecule has 0 N–H and O–H groups in total. The smallest absolute Gasteiger partial charge is 0.0950 e. The first-order valence-electron chi connectivity index (χ1n) is 5.16. The first-order valence-corrected chi connectivity index (χ1v) is 5.16. The Morgan fingerprint density at radius 2 is 2.08 bits per heavy atom. The number of hydrogen-bond acceptors (Lipinski definition) is 1. The summed E-state index contributed by atoms with van der Waals surface area (Å²) in [6.45, 7) is 5.37. The van der Waals surface area contributed by atoms with Crippen LogP contribution in [0.1, 0.15) is 52.4 Å².